The Balaban J connectivity index is 2.29. The Morgan fingerprint density at radius 2 is 1.82 bits per heavy atom. The fourth-order valence-electron chi connectivity index (χ4n) is 4.09. The van der Waals surface area contributed by atoms with Crippen LogP contribution in [0.15, 0.2) is 24.3 Å². The minimum absolute atomic E-state index is 0.0466. The molecule has 1 aromatic rings. The summed E-state index contributed by atoms with van der Waals surface area (Å²) in [5.74, 6) is -0.195. The second-order valence-corrected chi connectivity index (χ2v) is 10.7. The number of hydrogen-bond acceptors (Lipinski definition) is 6. The quantitative estimate of drug-likeness (QED) is 0.480. The molecule has 0 aliphatic heterocycles. The van der Waals surface area contributed by atoms with Crippen molar-refractivity contribution in [3.8, 4) is 5.75 Å². The van der Waals surface area contributed by atoms with E-state index in [9.17, 15) is 19.5 Å². The molecule has 2 unspecified atom stereocenters. The highest BCUT2D eigenvalue weighted by Gasteiger charge is 2.36. The normalized spacial score (nSPS) is 16.3. The molecule has 0 aromatic heterocycles. The number of carbonyl (C=O) groups is 3. The van der Waals surface area contributed by atoms with Crippen molar-refractivity contribution < 1.29 is 24.2 Å². The van der Waals surface area contributed by atoms with Gasteiger partial charge in [-0.2, -0.15) is 11.8 Å². The van der Waals surface area contributed by atoms with Crippen LogP contribution in [0.3, 0.4) is 0 Å². The van der Waals surface area contributed by atoms with Crippen LogP contribution >= 0.6 is 11.8 Å². The molecule has 1 fully saturated rings. The zero-order chi connectivity index (χ0) is 25.3. The summed E-state index contributed by atoms with van der Waals surface area (Å²) in [6, 6.07) is 4.67. The lowest BCUT2D eigenvalue weighted by molar-refractivity contribution is -0.141. The maximum atomic E-state index is 13.6. The number of carbonyl (C=O) groups excluding carboxylic acids is 3. The van der Waals surface area contributed by atoms with Gasteiger partial charge in [0.15, 0.2) is 0 Å². The first kappa shape index (κ1) is 27.8. The van der Waals surface area contributed by atoms with Gasteiger partial charge in [0.25, 0.3) is 0 Å². The molecule has 8 nitrogen and oxygen atoms in total. The van der Waals surface area contributed by atoms with E-state index in [0.717, 1.165) is 32.1 Å². The molecule has 3 N–H and O–H groups in total. The van der Waals surface area contributed by atoms with Gasteiger partial charge in [-0.1, -0.05) is 37.5 Å². The molecule has 1 saturated carbocycles. The second-order valence-electron chi connectivity index (χ2n) is 9.73. The van der Waals surface area contributed by atoms with Crippen LogP contribution in [0.2, 0.25) is 0 Å². The molecule has 0 heterocycles. The Morgan fingerprint density at radius 3 is 2.41 bits per heavy atom. The summed E-state index contributed by atoms with van der Waals surface area (Å²) in [4.78, 5) is 40.7. The Hall–Kier alpha value is -2.42. The van der Waals surface area contributed by atoms with E-state index in [1.165, 1.54) is 18.0 Å². The predicted octanol–water partition coefficient (Wildman–Crippen LogP) is 3.99. The zero-order valence-electron chi connectivity index (χ0n) is 20.9. The molecule has 34 heavy (non-hydrogen) atoms. The van der Waals surface area contributed by atoms with Crippen molar-refractivity contribution in [2.75, 3.05) is 19.1 Å². The van der Waals surface area contributed by atoms with Crippen molar-refractivity contribution in [2.24, 2.45) is 0 Å². The molecule has 9 heteroatoms. The van der Waals surface area contributed by atoms with E-state index < -0.39 is 29.7 Å². The smallest absolute Gasteiger partial charge is 0.408 e. The molecule has 1 aliphatic carbocycles. The van der Waals surface area contributed by atoms with Crippen LogP contribution in [0, 0.1) is 0 Å². The summed E-state index contributed by atoms with van der Waals surface area (Å²) in [6.45, 7) is 5.25. The van der Waals surface area contributed by atoms with E-state index in [2.05, 4.69) is 10.6 Å². The van der Waals surface area contributed by atoms with Gasteiger partial charge in [-0.15, -0.1) is 0 Å². The van der Waals surface area contributed by atoms with Crippen molar-refractivity contribution >= 4 is 29.7 Å². The highest BCUT2D eigenvalue weighted by Crippen LogP contribution is 2.30. The highest BCUT2D eigenvalue weighted by atomic mass is 32.2. The zero-order valence-corrected chi connectivity index (χ0v) is 21.7. The predicted molar refractivity (Wildman–Crippen MR) is 135 cm³/mol. The number of nitrogens with zero attached hydrogens (tertiary/aromatic N) is 1. The molecular weight excluding hydrogens is 454 g/mol. The van der Waals surface area contributed by atoms with E-state index in [0.29, 0.717) is 17.7 Å². The third-order valence-corrected chi connectivity index (χ3v) is 6.41. The molecule has 3 amide bonds. The number of benzene rings is 1. The number of phenolic OH excluding ortho intramolecular Hbond substituents is 1. The summed E-state index contributed by atoms with van der Waals surface area (Å²) < 4.78 is 5.34. The van der Waals surface area contributed by atoms with E-state index in [4.69, 9.17) is 4.74 Å². The standard InChI is InChI=1S/C25H39N3O5S/c1-25(2,3)33-24(32)27-19(15-16-34-5)23(31)28(4)21(18-13-9-10-14-20(18)29)22(30)26-17-11-7-6-8-12-17/h9-10,13-14,17,19,21,29H,6-8,11-12,15-16H2,1-5H3,(H,26,30)(H,27,32). The second kappa shape index (κ2) is 12.9. The van der Waals surface area contributed by atoms with Gasteiger partial charge in [0, 0.05) is 18.7 Å². The van der Waals surface area contributed by atoms with Gasteiger partial charge in [-0.25, -0.2) is 4.79 Å². The fourth-order valence-corrected chi connectivity index (χ4v) is 4.56. The van der Waals surface area contributed by atoms with Gasteiger partial charge in [0.1, 0.15) is 23.4 Å². The highest BCUT2D eigenvalue weighted by molar-refractivity contribution is 7.98. The summed E-state index contributed by atoms with van der Waals surface area (Å²) in [6.07, 6.45) is 6.66. The van der Waals surface area contributed by atoms with E-state index in [1.807, 2.05) is 6.26 Å². The lowest BCUT2D eigenvalue weighted by atomic mass is 9.94. The van der Waals surface area contributed by atoms with E-state index in [1.54, 1.807) is 50.7 Å². The van der Waals surface area contributed by atoms with Crippen molar-refractivity contribution in [1.82, 2.24) is 15.5 Å². The molecule has 2 rings (SSSR count). The number of para-hydroxylation sites is 1. The first-order valence-electron chi connectivity index (χ1n) is 11.9. The minimum Gasteiger partial charge on any atom is -0.508 e. The Bertz CT molecular complexity index is 836. The van der Waals surface area contributed by atoms with Crippen LogP contribution in [0.1, 0.15) is 70.9 Å². The summed E-state index contributed by atoms with van der Waals surface area (Å²) >= 11 is 1.55. The van der Waals surface area contributed by atoms with Crippen LogP contribution in [0.5, 0.6) is 5.75 Å². The third kappa shape index (κ3) is 8.42. The van der Waals surface area contributed by atoms with Crippen molar-refractivity contribution in [2.45, 2.75) is 83.0 Å². The molecule has 1 aromatic carbocycles. The average Bonchev–Trinajstić information content (AvgIpc) is 2.77. The number of rotatable bonds is 9. The molecule has 1 aliphatic rings. The number of hydrogen-bond donors (Lipinski definition) is 3. The Labute approximate surface area is 207 Å². The number of ether oxygens (including phenoxy) is 1. The molecule has 0 saturated heterocycles. The van der Waals surface area contributed by atoms with E-state index in [-0.39, 0.29) is 17.7 Å². The largest absolute Gasteiger partial charge is 0.508 e. The SMILES string of the molecule is CSCCC(NC(=O)OC(C)(C)C)C(=O)N(C)C(C(=O)NC1CCCCC1)c1ccccc1O. The maximum absolute atomic E-state index is 13.6. The van der Waals surface area contributed by atoms with Gasteiger partial charge >= 0.3 is 6.09 Å². The molecule has 0 radical (unpaired) electrons. The number of alkyl carbamates (subject to hydrolysis) is 1. The minimum atomic E-state index is -1.03. The fraction of sp³-hybridized carbons (Fsp3) is 0.640. The maximum Gasteiger partial charge on any atom is 0.408 e. The molecule has 2 atom stereocenters. The summed E-state index contributed by atoms with van der Waals surface area (Å²) in [7, 11) is 1.53. The van der Waals surface area contributed by atoms with Gasteiger partial charge in [-0.3, -0.25) is 9.59 Å². The van der Waals surface area contributed by atoms with Gasteiger partial charge in [-0.05, 0) is 58.1 Å². The van der Waals surface area contributed by atoms with Gasteiger partial charge in [0.2, 0.25) is 11.8 Å². The molecule has 0 spiro atoms. The van der Waals surface area contributed by atoms with Crippen LogP contribution in [-0.2, 0) is 14.3 Å². The number of thioether (sulfide) groups is 1. The van der Waals surface area contributed by atoms with Gasteiger partial charge < -0.3 is 25.4 Å². The molecule has 190 valence electrons. The lowest BCUT2D eigenvalue weighted by Gasteiger charge is -2.33. The van der Waals surface area contributed by atoms with Gasteiger partial charge in [0.05, 0.1) is 0 Å². The van der Waals surface area contributed by atoms with Crippen LogP contribution in [0.25, 0.3) is 0 Å². The molecular formula is C25H39N3O5S. The third-order valence-electron chi connectivity index (χ3n) is 5.77. The Kier molecular flexibility index (Phi) is 10.5. The molecule has 0 bridgehead atoms. The number of aromatic hydroxyl groups is 1. The summed E-state index contributed by atoms with van der Waals surface area (Å²) in [5, 5.41) is 16.3. The number of amides is 3. The first-order valence-corrected chi connectivity index (χ1v) is 13.3. The Morgan fingerprint density at radius 1 is 1.18 bits per heavy atom. The van der Waals surface area contributed by atoms with Crippen LogP contribution in [0.4, 0.5) is 4.79 Å². The van der Waals surface area contributed by atoms with E-state index >= 15 is 0 Å². The first-order chi connectivity index (χ1) is 16.0. The number of phenols is 1. The van der Waals surface area contributed by atoms with Crippen molar-refractivity contribution in [1.29, 1.82) is 0 Å². The monoisotopic (exact) mass is 493 g/mol. The topological polar surface area (TPSA) is 108 Å². The van der Waals surface area contributed by atoms with Crippen LogP contribution in [-0.4, -0.2) is 64.7 Å². The lowest BCUT2D eigenvalue weighted by Crippen LogP contribution is -2.52. The average molecular weight is 494 g/mol. The summed E-state index contributed by atoms with van der Waals surface area (Å²) in [5.41, 5.74) is -0.367. The van der Waals surface area contributed by atoms with Crippen LogP contribution < -0.4 is 10.6 Å². The number of likely N-dealkylation sites (N-methyl/N-ethyl adjacent to an activating group) is 1. The number of nitrogens with one attached hydrogen (secondary N) is 2. The van der Waals surface area contributed by atoms with Crippen molar-refractivity contribution in [3.05, 3.63) is 29.8 Å². The van der Waals surface area contributed by atoms with Crippen molar-refractivity contribution in [3.63, 3.8) is 0 Å².